The summed E-state index contributed by atoms with van der Waals surface area (Å²) in [6.07, 6.45) is 5.02. The number of pyridine rings is 1. The Kier molecular flexibility index (Phi) is 10.4. The van der Waals surface area contributed by atoms with E-state index in [1.807, 2.05) is 32.9 Å². The van der Waals surface area contributed by atoms with Crippen molar-refractivity contribution < 1.29 is 53.3 Å². The Labute approximate surface area is 340 Å². The lowest BCUT2D eigenvalue weighted by molar-refractivity contribution is -0.152. The number of rotatable bonds is 8. The molecule has 6 atom stereocenters. The number of nitrogens with zero attached hydrogens (tertiary/aromatic N) is 2. The highest BCUT2D eigenvalue weighted by Crippen LogP contribution is 2.52. The lowest BCUT2D eigenvalue weighted by atomic mass is 9.86. The third-order valence-electron chi connectivity index (χ3n) is 12.3. The fourth-order valence-corrected chi connectivity index (χ4v) is 9.82. The van der Waals surface area contributed by atoms with E-state index < -0.39 is 80.5 Å². The largest absolute Gasteiger partial charge is 0.483 e. The zero-order chi connectivity index (χ0) is 43.6. The smallest absolute Gasteiger partial charge is 0.306 e. The van der Waals surface area contributed by atoms with E-state index in [0.717, 1.165) is 12.8 Å². The molecule has 0 radical (unpaired) electrons. The Hall–Kier alpha value is -4.34. The number of alkyl halides is 2. The molecule has 16 heteroatoms. The van der Waals surface area contributed by atoms with Crippen LogP contribution < -0.4 is 19.5 Å². The molecule has 5 aliphatic rings. The number of esters is 1. The van der Waals surface area contributed by atoms with E-state index in [1.54, 1.807) is 13.8 Å². The van der Waals surface area contributed by atoms with Gasteiger partial charge in [0.2, 0.25) is 28.7 Å². The minimum Gasteiger partial charge on any atom is -0.483 e. The van der Waals surface area contributed by atoms with Crippen LogP contribution >= 0.6 is 0 Å². The standard InChI is InChI=1S/C42H54F2N4O9S/c1-25-35-34(29-18-28(56-24-43)13-14-31(29)45-25)30(44)20-41(57-35)21-32-36(50)46-42(38(52)47-58(53,54)40(5)15-16-40)19-27(42)12-10-8-6-7-9-11-26(37(51)48(32)22-41)17-33(49)55-23-39(2,3)4/h10,12-14,18,26-27,30,32H,6-9,11,15-17,19-24H2,1-5H3,(H,46,50)(H,47,52)/b12-10-/t26-,27-,30-,32+,41-,42-/m1/s1/i24D2. The quantitative estimate of drug-likeness (QED) is 0.239. The summed E-state index contributed by atoms with van der Waals surface area (Å²) in [5, 5.41) is 3.04. The summed E-state index contributed by atoms with van der Waals surface area (Å²) in [5.41, 5.74) is -2.78. The molecule has 0 unspecified atom stereocenters. The average Bonchev–Trinajstić information content (AvgIpc) is 4.03. The molecule has 3 amide bonds. The normalized spacial score (nSPS) is 30.8. The molecule has 316 valence electrons. The maximum atomic E-state index is 16.9. The third-order valence-corrected chi connectivity index (χ3v) is 14.4. The topological polar surface area (TPSA) is 170 Å². The second-order valence-corrected chi connectivity index (χ2v) is 20.5. The molecule has 0 bridgehead atoms. The van der Waals surface area contributed by atoms with Gasteiger partial charge in [-0.1, -0.05) is 45.8 Å². The first-order valence-electron chi connectivity index (χ1n) is 21.1. The van der Waals surface area contributed by atoms with Crippen molar-refractivity contribution in [3.8, 4) is 11.5 Å². The number of nitrogens with one attached hydrogen (secondary N) is 2. The predicted octanol–water partition coefficient (Wildman–Crippen LogP) is 5.97. The van der Waals surface area contributed by atoms with Gasteiger partial charge in [0.25, 0.3) is 5.91 Å². The third kappa shape index (κ3) is 8.26. The highest BCUT2D eigenvalue weighted by molar-refractivity contribution is 7.91. The average molecular weight is 831 g/mol. The molecule has 4 heterocycles. The van der Waals surface area contributed by atoms with Gasteiger partial charge in [-0.25, -0.2) is 22.2 Å². The van der Waals surface area contributed by atoms with E-state index in [2.05, 4.69) is 15.0 Å². The summed E-state index contributed by atoms with van der Waals surface area (Å²) in [6.45, 7) is 5.24. The van der Waals surface area contributed by atoms with Crippen LogP contribution in [0, 0.1) is 24.2 Å². The van der Waals surface area contributed by atoms with Gasteiger partial charge < -0.3 is 24.4 Å². The number of carbonyl (C=O) groups is 4. The number of hydrogen-bond donors (Lipinski definition) is 2. The van der Waals surface area contributed by atoms with Gasteiger partial charge in [-0.05, 0) is 76.0 Å². The van der Waals surface area contributed by atoms with E-state index in [4.69, 9.17) is 17.0 Å². The molecule has 2 aromatic rings. The number of amides is 3. The van der Waals surface area contributed by atoms with Crippen LogP contribution in [-0.4, -0.2) is 83.9 Å². The molecule has 3 fully saturated rings. The number of benzene rings is 1. The molecule has 1 spiro atoms. The van der Waals surface area contributed by atoms with Crippen LogP contribution in [0.3, 0.4) is 0 Å². The SMILES string of the molecule is [2H]C([2H])(F)Oc1ccc2nc(C)c3c(c2c1)[C@H](F)C[C@]1(C[C@H]2C(=O)N[C@]4(C(=O)NS(=O)(=O)C5(C)CC5)C[C@H]4/C=C\CCCCC[C@H](CC(=O)OCC(C)(C)C)C(=O)N2C1)O3. The summed E-state index contributed by atoms with van der Waals surface area (Å²) < 4.78 is 89.7. The number of sulfonamides is 1. The molecule has 1 aromatic carbocycles. The lowest BCUT2D eigenvalue weighted by Crippen LogP contribution is -2.57. The van der Waals surface area contributed by atoms with Crippen LogP contribution in [0.2, 0.25) is 0 Å². The maximum absolute atomic E-state index is 16.9. The minimum atomic E-state index is -4.07. The summed E-state index contributed by atoms with van der Waals surface area (Å²) in [5.74, 6) is -4.35. The number of fused-ring (bicyclic) bond motifs is 5. The van der Waals surface area contributed by atoms with E-state index >= 15 is 4.39 Å². The van der Waals surface area contributed by atoms with Gasteiger partial charge in [0.1, 0.15) is 37.6 Å². The van der Waals surface area contributed by atoms with Gasteiger partial charge in [0, 0.05) is 35.6 Å². The predicted molar refractivity (Wildman–Crippen MR) is 209 cm³/mol. The minimum absolute atomic E-state index is 0.0431. The molecule has 3 aliphatic heterocycles. The summed E-state index contributed by atoms with van der Waals surface area (Å²) in [7, 11) is -4.07. The molecule has 7 rings (SSSR count). The van der Waals surface area contributed by atoms with Crippen molar-refractivity contribution in [1.29, 1.82) is 0 Å². The summed E-state index contributed by atoms with van der Waals surface area (Å²) in [6, 6.07) is 2.72. The zero-order valence-electron chi connectivity index (χ0n) is 35.6. The molecule has 2 aliphatic carbocycles. The van der Waals surface area contributed by atoms with E-state index in [9.17, 15) is 32.0 Å². The van der Waals surface area contributed by atoms with Crippen LogP contribution in [0.4, 0.5) is 8.78 Å². The molecule has 13 nitrogen and oxygen atoms in total. The highest BCUT2D eigenvalue weighted by Gasteiger charge is 2.64. The molecule has 58 heavy (non-hydrogen) atoms. The molecule has 2 N–H and O–H groups in total. The second kappa shape index (κ2) is 15.4. The number of carbonyl (C=O) groups excluding carboxylic acids is 4. The first-order chi connectivity index (χ1) is 27.9. The molecule has 1 saturated heterocycles. The lowest BCUT2D eigenvalue weighted by Gasteiger charge is -2.38. The second-order valence-electron chi connectivity index (χ2n) is 18.3. The van der Waals surface area contributed by atoms with Gasteiger partial charge in [-0.2, -0.15) is 0 Å². The summed E-state index contributed by atoms with van der Waals surface area (Å²) >= 11 is 0. The van der Waals surface area contributed by atoms with E-state index in [0.29, 0.717) is 43.3 Å². The first-order valence-corrected chi connectivity index (χ1v) is 21.6. The van der Waals surface area contributed by atoms with Crippen molar-refractivity contribution in [2.45, 2.75) is 133 Å². The van der Waals surface area contributed by atoms with Crippen LogP contribution in [0.5, 0.6) is 11.5 Å². The van der Waals surface area contributed by atoms with Gasteiger partial charge in [-0.3, -0.25) is 23.9 Å². The van der Waals surface area contributed by atoms with Gasteiger partial charge >= 0.3 is 5.97 Å². The van der Waals surface area contributed by atoms with Crippen LogP contribution in [0.1, 0.15) is 118 Å². The number of aryl methyl sites for hydroxylation is 1. The Morgan fingerprint density at radius 1 is 1.16 bits per heavy atom. The van der Waals surface area contributed by atoms with Crippen molar-refractivity contribution in [1.82, 2.24) is 19.9 Å². The first kappa shape index (κ1) is 39.1. The number of ether oxygens (including phenoxy) is 3. The summed E-state index contributed by atoms with van der Waals surface area (Å²) in [4.78, 5) is 62.6. The maximum Gasteiger partial charge on any atom is 0.306 e. The van der Waals surface area contributed by atoms with Crippen molar-refractivity contribution in [2.75, 3.05) is 20.0 Å². The number of allylic oxidation sites excluding steroid dienone is 1. The number of hydrogen-bond acceptors (Lipinski definition) is 10. The number of aromatic nitrogens is 1. The van der Waals surface area contributed by atoms with Crippen molar-refractivity contribution in [2.24, 2.45) is 17.3 Å². The highest BCUT2D eigenvalue weighted by atomic mass is 32.2. The number of halogens is 2. The molecule has 2 saturated carbocycles. The van der Waals surface area contributed by atoms with E-state index in [1.165, 1.54) is 23.1 Å². The van der Waals surface area contributed by atoms with Crippen LogP contribution in [-0.2, 0) is 33.9 Å². The van der Waals surface area contributed by atoms with Crippen LogP contribution in [0.15, 0.2) is 30.4 Å². The van der Waals surface area contributed by atoms with E-state index in [-0.39, 0.29) is 66.7 Å². The van der Waals surface area contributed by atoms with Crippen LogP contribution in [0.25, 0.3) is 10.9 Å². The molecule has 1 aromatic heterocycles. The Balaban J connectivity index is 1.25. The fourth-order valence-electron chi connectivity index (χ4n) is 8.51. The molecular weight excluding hydrogens is 775 g/mol. The van der Waals surface area contributed by atoms with Crippen molar-refractivity contribution in [3.05, 3.63) is 41.6 Å². The van der Waals surface area contributed by atoms with Gasteiger partial charge in [0.15, 0.2) is 0 Å². The fraction of sp³-hybridized carbons (Fsp3) is 0.643. The van der Waals surface area contributed by atoms with Crippen molar-refractivity contribution >= 4 is 44.6 Å². The van der Waals surface area contributed by atoms with Gasteiger partial charge in [-0.15, -0.1) is 0 Å². The zero-order valence-corrected chi connectivity index (χ0v) is 34.4. The van der Waals surface area contributed by atoms with Crippen molar-refractivity contribution in [3.63, 3.8) is 0 Å². The Morgan fingerprint density at radius 3 is 2.62 bits per heavy atom. The monoisotopic (exact) mass is 830 g/mol. The Bertz CT molecular complexity index is 2230. The molecular formula is C42H54F2N4O9S. The van der Waals surface area contributed by atoms with Gasteiger partial charge in [0.05, 0.1) is 35.5 Å². The Morgan fingerprint density at radius 2 is 1.91 bits per heavy atom.